The Morgan fingerprint density at radius 2 is 1.84 bits per heavy atom. The highest BCUT2D eigenvalue weighted by Crippen LogP contribution is 2.30. The Balaban J connectivity index is 1.12. The Hall–Kier alpha value is -3.85. The first kappa shape index (κ1) is 23.5. The van der Waals surface area contributed by atoms with Crippen molar-refractivity contribution in [3.63, 3.8) is 0 Å². The van der Waals surface area contributed by atoms with Crippen LogP contribution in [0.5, 0.6) is 0 Å². The lowest BCUT2D eigenvalue weighted by Crippen LogP contribution is -2.51. The number of fused-ring (bicyclic) bond motifs is 1. The SMILES string of the molecule is Cc1nccc(-c2ccc3nc(Nc4cc(C(C)N5CCN(C(=O)C6CCC6)CC5)ccn4)[nH]c3c2)n1. The molecule has 190 valence electrons. The topological polar surface area (TPSA) is 103 Å². The molecule has 1 saturated carbocycles. The third-order valence-corrected chi connectivity index (χ3v) is 7.69. The molecule has 6 rings (SSSR count). The van der Waals surface area contributed by atoms with Crippen LogP contribution in [-0.2, 0) is 4.79 Å². The molecule has 9 heteroatoms. The van der Waals surface area contributed by atoms with E-state index in [2.05, 4.69) is 65.2 Å². The summed E-state index contributed by atoms with van der Waals surface area (Å²) in [5, 5.41) is 3.33. The molecular weight excluding hydrogens is 464 g/mol. The third kappa shape index (κ3) is 4.91. The van der Waals surface area contributed by atoms with E-state index in [9.17, 15) is 4.79 Å². The van der Waals surface area contributed by atoms with Gasteiger partial charge in [-0.15, -0.1) is 0 Å². The number of nitrogens with one attached hydrogen (secondary N) is 2. The van der Waals surface area contributed by atoms with Crippen molar-refractivity contribution >= 4 is 28.7 Å². The molecule has 4 heterocycles. The number of aryl methyl sites for hydroxylation is 1. The molecular formula is C28H32N8O. The Kier molecular flexibility index (Phi) is 6.30. The summed E-state index contributed by atoms with van der Waals surface area (Å²) in [6.07, 6.45) is 6.94. The van der Waals surface area contributed by atoms with E-state index in [4.69, 9.17) is 0 Å². The zero-order valence-electron chi connectivity index (χ0n) is 21.3. The Bertz CT molecular complexity index is 1420. The van der Waals surface area contributed by atoms with E-state index < -0.39 is 0 Å². The quantitative estimate of drug-likeness (QED) is 0.406. The van der Waals surface area contributed by atoms with Gasteiger partial charge in [-0.2, -0.15) is 0 Å². The van der Waals surface area contributed by atoms with E-state index >= 15 is 0 Å². The van der Waals surface area contributed by atoms with Gasteiger partial charge in [0, 0.05) is 56.1 Å². The number of piperazine rings is 1. The number of anilines is 2. The Morgan fingerprint density at radius 1 is 1.03 bits per heavy atom. The van der Waals surface area contributed by atoms with Gasteiger partial charge in [-0.25, -0.2) is 19.9 Å². The van der Waals surface area contributed by atoms with E-state index in [0.717, 1.165) is 73.0 Å². The number of imidazole rings is 1. The highest BCUT2D eigenvalue weighted by Gasteiger charge is 2.32. The van der Waals surface area contributed by atoms with Gasteiger partial charge in [0.05, 0.1) is 16.7 Å². The molecule has 1 aliphatic heterocycles. The summed E-state index contributed by atoms with van der Waals surface area (Å²) < 4.78 is 0. The first-order valence-electron chi connectivity index (χ1n) is 13.1. The molecule has 1 atom stereocenters. The van der Waals surface area contributed by atoms with Crippen LogP contribution in [-0.4, -0.2) is 66.8 Å². The number of hydrogen-bond donors (Lipinski definition) is 2. The van der Waals surface area contributed by atoms with E-state index in [-0.39, 0.29) is 12.0 Å². The van der Waals surface area contributed by atoms with Crippen LogP contribution in [0.1, 0.15) is 43.6 Å². The molecule has 2 N–H and O–H groups in total. The second-order valence-corrected chi connectivity index (χ2v) is 10.1. The van der Waals surface area contributed by atoms with Gasteiger partial charge in [-0.3, -0.25) is 9.69 Å². The van der Waals surface area contributed by atoms with Gasteiger partial charge in [0.25, 0.3) is 0 Å². The molecule has 0 radical (unpaired) electrons. The van der Waals surface area contributed by atoms with Gasteiger partial charge in [0.15, 0.2) is 0 Å². The smallest absolute Gasteiger partial charge is 0.225 e. The zero-order chi connectivity index (χ0) is 25.4. The lowest BCUT2D eigenvalue weighted by molar-refractivity contribution is -0.140. The fraction of sp³-hybridized carbons (Fsp3) is 0.393. The summed E-state index contributed by atoms with van der Waals surface area (Å²) in [5.74, 6) is 2.77. The second kappa shape index (κ2) is 9.89. The minimum Gasteiger partial charge on any atom is -0.340 e. The van der Waals surface area contributed by atoms with Crippen molar-refractivity contribution in [2.75, 3.05) is 31.5 Å². The first-order chi connectivity index (χ1) is 18.0. The summed E-state index contributed by atoms with van der Waals surface area (Å²) in [6.45, 7) is 7.52. The number of rotatable bonds is 6. The average Bonchev–Trinajstić information content (AvgIpc) is 3.29. The number of H-pyrrole nitrogens is 1. The van der Waals surface area contributed by atoms with Crippen molar-refractivity contribution in [1.29, 1.82) is 0 Å². The lowest BCUT2D eigenvalue weighted by Gasteiger charge is -2.40. The van der Waals surface area contributed by atoms with Crippen LogP contribution in [0.2, 0.25) is 0 Å². The molecule has 3 aromatic heterocycles. The fourth-order valence-electron chi connectivity index (χ4n) is 5.20. The van der Waals surface area contributed by atoms with Crippen LogP contribution in [0.15, 0.2) is 48.8 Å². The summed E-state index contributed by atoms with van der Waals surface area (Å²) >= 11 is 0. The van der Waals surface area contributed by atoms with E-state index in [1.54, 1.807) is 6.20 Å². The summed E-state index contributed by atoms with van der Waals surface area (Å²) in [5.41, 5.74) is 4.88. The number of carbonyl (C=O) groups is 1. The van der Waals surface area contributed by atoms with Gasteiger partial charge < -0.3 is 15.2 Å². The van der Waals surface area contributed by atoms with Crippen molar-refractivity contribution in [2.45, 2.75) is 39.2 Å². The molecule has 1 saturated heterocycles. The predicted octanol–water partition coefficient (Wildman–Crippen LogP) is 4.47. The standard InChI is InChI=1S/C28H32N8O/c1-18(35-12-14-36(15-13-35)27(37)20-4-3-5-20)21-8-10-30-26(17-21)34-28-32-24-7-6-22(16-25(24)33-28)23-9-11-29-19(2)31-23/h6-11,16-18,20H,3-5,12-15H2,1-2H3,(H2,30,32,33,34). The molecule has 1 unspecified atom stereocenters. The third-order valence-electron chi connectivity index (χ3n) is 7.69. The molecule has 0 spiro atoms. The largest absolute Gasteiger partial charge is 0.340 e. The molecule has 2 aliphatic rings. The minimum absolute atomic E-state index is 0.235. The molecule has 1 aromatic carbocycles. The van der Waals surface area contributed by atoms with E-state index in [1.807, 2.05) is 31.3 Å². The van der Waals surface area contributed by atoms with Gasteiger partial charge in [0.2, 0.25) is 11.9 Å². The van der Waals surface area contributed by atoms with Crippen molar-refractivity contribution < 1.29 is 4.79 Å². The summed E-state index contributed by atoms with van der Waals surface area (Å²) in [6, 6.07) is 12.4. The van der Waals surface area contributed by atoms with Crippen LogP contribution in [0.4, 0.5) is 11.8 Å². The van der Waals surface area contributed by atoms with Crippen molar-refractivity contribution in [3.8, 4) is 11.3 Å². The summed E-state index contributed by atoms with van der Waals surface area (Å²) in [4.78, 5) is 38.4. The molecule has 9 nitrogen and oxygen atoms in total. The maximum atomic E-state index is 12.6. The number of benzene rings is 1. The number of aromatic amines is 1. The molecule has 2 fully saturated rings. The van der Waals surface area contributed by atoms with E-state index in [1.165, 1.54) is 12.0 Å². The highest BCUT2D eigenvalue weighted by atomic mass is 16.2. The minimum atomic E-state index is 0.235. The fourth-order valence-corrected chi connectivity index (χ4v) is 5.20. The lowest BCUT2D eigenvalue weighted by atomic mass is 9.84. The van der Waals surface area contributed by atoms with Crippen LogP contribution in [0.3, 0.4) is 0 Å². The number of pyridine rings is 1. The maximum absolute atomic E-state index is 12.6. The predicted molar refractivity (Wildman–Crippen MR) is 143 cm³/mol. The molecule has 1 aliphatic carbocycles. The Labute approximate surface area is 216 Å². The van der Waals surface area contributed by atoms with Gasteiger partial charge in [-0.1, -0.05) is 12.5 Å². The zero-order valence-corrected chi connectivity index (χ0v) is 21.3. The molecule has 4 aromatic rings. The second-order valence-electron chi connectivity index (χ2n) is 10.1. The van der Waals surface area contributed by atoms with Crippen LogP contribution >= 0.6 is 0 Å². The van der Waals surface area contributed by atoms with Gasteiger partial charge in [-0.05, 0) is 62.6 Å². The van der Waals surface area contributed by atoms with Gasteiger partial charge >= 0.3 is 0 Å². The number of nitrogens with zero attached hydrogens (tertiary/aromatic N) is 6. The van der Waals surface area contributed by atoms with Crippen molar-refractivity contribution in [3.05, 3.63) is 60.2 Å². The first-order valence-corrected chi connectivity index (χ1v) is 13.1. The van der Waals surface area contributed by atoms with Gasteiger partial charge in [0.1, 0.15) is 11.6 Å². The highest BCUT2D eigenvalue weighted by molar-refractivity contribution is 5.83. The Morgan fingerprint density at radius 3 is 2.59 bits per heavy atom. The van der Waals surface area contributed by atoms with Crippen molar-refractivity contribution in [1.82, 2.24) is 34.7 Å². The number of hydrogen-bond acceptors (Lipinski definition) is 7. The molecule has 0 bridgehead atoms. The monoisotopic (exact) mass is 496 g/mol. The average molecular weight is 497 g/mol. The molecule has 37 heavy (non-hydrogen) atoms. The number of aromatic nitrogens is 5. The normalized spacial score (nSPS) is 17.5. The number of amides is 1. The van der Waals surface area contributed by atoms with E-state index in [0.29, 0.717) is 11.9 Å². The summed E-state index contributed by atoms with van der Waals surface area (Å²) in [7, 11) is 0. The maximum Gasteiger partial charge on any atom is 0.225 e. The number of carbonyl (C=O) groups excluding carboxylic acids is 1. The molecule has 1 amide bonds. The van der Waals surface area contributed by atoms with Crippen LogP contribution in [0.25, 0.3) is 22.3 Å². The van der Waals surface area contributed by atoms with Crippen molar-refractivity contribution in [2.24, 2.45) is 5.92 Å². The van der Waals surface area contributed by atoms with Crippen LogP contribution in [0, 0.1) is 12.8 Å². The van der Waals surface area contributed by atoms with Crippen LogP contribution < -0.4 is 5.32 Å².